The van der Waals surface area contributed by atoms with Crippen molar-refractivity contribution in [1.29, 1.82) is 0 Å². The Morgan fingerprint density at radius 1 is 1.42 bits per heavy atom. The van der Waals surface area contributed by atoms with Crippen LogP contribution in [0.5, 0.6) is 0 Å². The summed E-state index contributed by atoms with van der Waals surface area (Å²) in [5.74, 6) is -0.147. The molecule has 1 fully saturated rings. The van der Waals surface area contributed by atoms with E-state index in [1.165, 1.54) is 6.07 Å². The second-order valence-corrected chi connectivity index (χ2v) is 6.09. The number of hydrogen-bond donors (Lipinski definition) is 1. The van der Waals surface area contributed by atoms with Crippen LogP contribution >= 0.6 is 0 Å². The smallest absolute Gasteiger partial charge is 0.123 e. The fourth-order valence-corrected chi connectivity index (χ4v) is 2.65. The van der Waals surface area contributed by atoms with E-state index in [1.807, 2.05) is 13.0 Å². The molecule has 0 amide bonds. The molecule has 1 aliphatic heterocycles. The molecule has 0 aromatic heterocycles. The van der Waals surface area contributed by atoms with E-state index in [4.69, 9.17) is 4.74 Å². The molecule has 19 heavy (non-hydrogen) atoms. The number of nitrogens with one attached hydrogen (secondary N) is 1. The maximum absolute atomic E-state index is 13.4. The van der Waals surface area contributed by atoms with E-state index >= 15 is 0 Å². The first kappa shape index (κ1) is 14.5. The second kappa shape index (κ2) is 6.02. The molecule has 0 radical (unpaired) electrons. The summed E-state index contributed by atoms with van der Waals surface area (Å²) < 4.78 is 19.0. The molecule has 0 bridgehead atoms. The molecule has 1 aliphatic rings. The van der Waals surface area contributed by atoms with Gasteiger partial charge in [-0.2, -0.15) is 0 Å². The second-order valence-electron chi connectivity index (χ2n) is 6.09. The Morgan fingerprint density at radius 3 is 2.84 bits per heavy atom. The highest BCUT2D eigenvalue weighted by Gasteiger charge is 2.35. The molecule has 3 heteroatoms. The molecular weight excluding hydrogens is 241 g/mol. The van der Waals surface area contributed by atoms with E-state index in [1.54, 1.807) is 6.07 Å². The quantitative estimate of drug-likeness (QED) is 0.883. The highest BCUT2D eigenvalue weighted by molar-refractivity contribution is 5.28. The van der Waals surface area contributed by atoms with Gasteiger partial charge in [0.25, 0.3) is 0 Å². The summed E-state index contributed by atoms with van der Waals surface area (Å²) in [5, 5.41) is 3.51. The van der Waals surface area contributed by atoms with E-state index < -0.39 is 0 Å². The van der Waals surface area contributed by atoms with Gasteiger partial charge in [-0.05, 0) is 43.0 Å². The van der Waals surface area contributed by atoms with Crippen LogP contribution in [0.15, 0.2) is 18.2 Å². The van der Waals surface area contributed by atoms with Crippen molar-refractivity contribution in [2.75, 3.05) is 19.8 Å². The van der Waals surface area contributed by atoms with E-state index in [9.17, 15) is 4.39 Å². The summed E-state index contributed by atoms with van der Waals surface area (Å²) in [7, 11) is 0. The predicted molar refractivity (Wildman–Crippen MR) is 75.8 cm³/mol. The van der Waals surface area contributed by atoms with Crippen LogP contribution in [-0.2, 0) is 11.2 Å². The normalized spacial score (nSPS) is 23.2. The lowest BCUT2D eigenvalue weighted by atomic mass is 9.79. The van der Waals surface area contributed by atoms with E-state index in [0.29, 0.717) is 6.04 Å². The lowest BCUT2D eigenvalue weighted by molar-refractivity contribution is 0.147. The van der Waals surface area contributed by atoms with Crippen LogP contribution in [0.4, 0.5) is 4.39 Å². The summed E-state index contributed by atoms with van der Waals surface area (Å²) in [6.07, 6.45) is 1.93. The molecule has 1 aromatic carbocycles. The number of halogens is 1. The molecule has 2 nitrogen and oxygen atoms in total. The highest BCUT2D eigenvalue weighted by atomic mass is 19.1. The topological polar surface area (TPSA) is 21.3 Å². The summed E-state index contributed by atoms with van der Waals surface area (Å²) in [5.41, 5.74) is 2.39. The maximum Gasteiger partial charge on any atom is 0.123 e. The van der Waals surface area contributed by atoms with Gasteiger partial charge in [0.05, 0.1) is 6.61 Å². The molecule has 0 spiro atoms. The van der Waals surface area contributed by atoms with Crippen LogP contribution in [0.1, 0.15) is 31.4 Å². The van der Waals surface area contributed by atoms with Crippen molar-refractivity contribution < 1.29 is 9.13 Å². The molecule has 1 unspecified atom stereocenters. The van der Waals surface area contributed by atoms with Crippen molar-refractivity contribution in [2.24, 2.45) is 5.41 Å². The Balaban J connectivity index is 2.13. The Hall–Kier alpha value is -0.930. The maximum atomic E-state index is 13.4. The fraction of sp³-hybridized carbons (Fsp3) is 0.625. The highest BCUT2D eigenvalue weighted by Crippen LogP contribution is 2.33. The first-order valence-electron chi connectivity index (χ1n) is 7.07. The Morgan fingerprint density at radius 2 is 2.21 bits per heavy atom. The van der Waals surface area contributed by atoms with Crippen LogP contribution in [-0.4, -0.2) is 25.8 Å². The molecule has 1 heterocycles. The molecule has 2 rings (SSSR count). The molecule has 1 atom stereocenters. The summed E-state index contributed by atoms with van der Waals surface area (Å²) in [6.45, 7) is 8.86. The van der Waals surface area contributed by atoms with Gasteiger partial charge >= 0.3 is 0 Å². The van der Waals surface area contributed by atoms with Crippen LogP contribution in [0.2, 0.25) is 0 Å². The molecular formula is C16H24FNO. The average Bonchev–Trinajstić information content (AvgIpc) is 2.81. The lowest BCUT2D eigenvalue weighted by Crippen LogP contribution is -2.39. The van der Waals surface area contributed by atoms with Crippen molar-refractivity contribution in [3.63, 3.8) is 0 Å². The minimum atomic E-state index is -0.147. The summed E-state index contributed by atoms with van der Waals surface area (Å²) >= 11 is 0. The van der Waals surface area contributed by atoms with Crippen molar-refractivity contribution in [1.82, 2.24) is 5.32 Å². The number of aryl methyl sites for hydroxylation is 1. The largest absolute Gasteiger partial charge is 0.381 e. The monoisotopic (exact) mass is 265 g/mol. The molecule has 0 saturated carbocycles. The zero-order chi connectivity index (χ0) is 13.9. The number of ether oxygens (including phenoxy) is 1. The van der Waals surface area contributed by atoms with Crippen LogP contribution in [0.3, 0.4) is 0 Å². The van der Waals surface area contributed by atoms with E-state index in [0.717, 1.165) is 43.7 Å². The minimum Gasteiger partial charge on any atom is -0.381 e. The van der Waals surface area contributed by atoms with Gasteiger partial charge in [0.15, 0.2) is 0 Å². The number of hydrogen-bond acceptors (Lipinski definition) is 2. The SMILES string of the molecule is Cc1ccc(F)cc1CC1(CNC(C)C)CCOC1. The predicted octanol–water partition coefficient (Wildman–Crippen LogP) is 3.08. The van der Waals surface area contributed by atoms with Crippen molar-refractivity contribution in [3.8, 4) is 0 Å². The minimum absolute atomic E-state index is 0.114. The lowest BCUT2D eigenvalue weighted by Gasteiger charge is -2.29. The van der Waals surface area contributed by atoms with Crippen LogP contribution < -0.4 is 5.32 Å². The van der Waals surface area contributed by atoms with Crippen molar-refractivity contribution in [2.45, 2.75) is 39.7 Å². The van der Waals surface area contributed by atoms with Gasteiger partial charge in [0.2, 0.25) is 0 Å². The van der Waals surface area contributed by atoms with Crippen molar-refractivity contribution in [3.05, 3.63) is 35.1 Å². The fourth-order valence-electron chi connectivity index (χ4n) is 2.65. The third-order valence-electron chi connectivity index (χ3n) is 3.95. The Labute approximate surface area is 115 Å². The third kappa shape index (κ3) is 3.77. The van der Waals surface area contributed by atoms with Gasteiger partial charge in [0.1, 0.15) is 5.82 Å². The number of benzene rings is 1. The summed E-state index contributed by atoms with van der Waals surface area (Å²) in [4.78, 5) is 0. The molecule has 1 saturated heterocycles. The first-order valence-corrected chi connectivity index (χ1v) is 7.07. The first-order chi connectivity index (χ1) is 9.01. The van der Waals surface area contributed by atoms with Gasteiger partial charge in [-0.3, -0.25) is 0 Å². The van der Waals surface area contributed by atoms with Gasteiger partial charge < -0.3 is 10.1 Å². The van der Waals surface area contributed by atoms with Crippen LogP contribution in [0, 0.1) is 18.2 Å². The Bertz CT molecular complexity index is 425. The van der Waals surface area contributed by atoms with Gasteiger partial charge in [-0.15, -0.1) is 0 Å². The zero-order valence-corrected chi connectivity index (χ0v) is 12.1. The van der Waals surface area contributed by atoms with Gasteiger partial charge in [-0.1, -0.05) is 19.9 Å². The van der Waals surface area contributed by atoms with Crippen molar-refractivity contribution >= 4 is 0 Å². The molecule has 1 aromatic rings. The third-order valence-corrected chi connectivity index (χ3v) is 3.95. The van der Waals surface area contributed by atoms with Crippen LogP contribution in [0.25, 0.3) is 0 Å². The van der Waals surface area contributed by atoms with Gasteiger partial charge in [0, 0.05) is 24.6 Å². The molecule has 1 N–H and O–H groups in total. The standard InChI is InChI=1S/C16H24FNO/c1-12(2)18-10-16(6-7-19-11-16)9-14-8-15(17)5-4-13(14)3/h4-5,8,12,18H,6-7,9-11H2,1-3H3. The average molecular weight is 265 g/mol. The van der Waals surface area contributed by atoms with E-state index in [-0.39, 0.29) is 11.2 Å². The molecule has 106 valence electrons. The Kier molecular flexibility index (Phi) is 4.58. The zero-order valence-electron chi connectivity index (χ0n) is 12.1. The number of rotatable bonds is 5. The van der Waals surface area contributed by atoms with Gasteiger partial charge in [-0.25, -0.2) is 4.39 Å². The summed E-state index contributed by atoms with van der Waals surface area (Å²) in [6, 6.07) is 5.53. The molecule has 0 aliphatic carbocycles. The van der Waals surface area contributed by atoms with E-state index in [2.05, 4.69) is 19.2 Å².